The molecule has 0 spiro atoms. The minimum absolute atomic E-state index is 0.227. The van der Waals surface area contributed by atoms with E-state index >= 15 is 0 Å². The quantitative estimate of drug-likeness (QED) is 0.488. The van der Waals surface area contributed by atoms with Gasteiger partial charge in [-0.25, -0.2) is 0 Å². The Morgan fingerprint density at radius 3 is 2.48 bits per heavy atom. The lowest BCUT2D eigenvalue weighted by Gasteiger charge is -2.43. The summed E-state index contributed by atoms with van der Waals surface area (Å²) < 4.78 is 5.77. The van der Waals surface area contributed by atoms with Crippen LogP contribution in [0.25, 0.3) is 0 Å². The number of unbranched alkanes of at least 4 members (excludes halogenated alkanes) is 3. The number of piperidine rings is 1. The number of hydrogen-bond donors (Lipinski definition) is 4. The zero-order valence-corrected chi connectivity index (χ0v) is 14.9. The van der Waals surface area contributed by atoms with Crippen LogP contribution in [-0.4, -0.2) is 76.0 Å². The van der Waals surface area contributed by atoms with E-state index in [2.05, 4.69) is 0 Å². The van der Waals surface area contributed by atoms with Crippen LogP contribution in [-0.2, 0) is 0 Å². The predicted octanol–water partition coefficient (Wildman–Crippen LogP) is 0.693. The Hall–Kier alpha value is -1.18. The lowest BCUT2D eigenvalue weighted by molar-refractivity contribution is -0.145. The van der Waals surface area contributed by atoms with Crippen LogP contribution in [0.2, 0.25) is 0 Å². The first kappa shape index (κ1) is 20.1. The highest BCUT2D eigenvalue weighted by molar-refractivity contribution is 5.31. The van der Waals surface area contributed by atoms with Gasteiger partial charge in [-0.05, 0) is 37.9 Å². The van der Waals surface area contributed by atoms with Crippen molar-refractivity contribution in [2.24, 2.45) is 0 Å². The van der Waals surface area contributed by atoms with Gasteiger partial charge in [-0.1, -0.05) is 31.0 Å². The molecule has 6 heteroatoms. The van der Waals surface area contributed by atoms with Crippen LogP contribution >= 0.6 is 0 Å². The molecular formula is C19H31NO5. The van der Waals surface area contributed by atoms with Crippen LogP contribution in [0.15, 0.2) is 24.3 Å². The smallest absolute Gasteiger partial charge is 0.122 e. The lowest BCUT2D eigenvalue weighted by atomic mass is 9.94. The molecule has 1 aromatic carbocycles. The molecule has 1 saturated heterocycles. The monoisotopic (exact) mass is 353 g/mol. The highest BCUT2D eigenvalue weighted by Crippen LogP contribution is 2.20. The van der Waals surface area contributed by atoms with Crippen molar-refractivity contribution in [2.75, 3.05) is 26.3 Å². The Kier molecular flexibility index (Phi) is 8.12. The van der Waals surface area contributed by atoms with Gasteiger partial charge < -0.3 is 25.2 Å². The Labute approximate surface area is 149 Å². The number of para-hydroxylation sites is 1. The van der Waals surface area contributed by atoms with Crippen molar-refractivity contribution in [2.45, 2.75) is 57.0 Å². The van der Waals surface area contributed by atoms with Crippen molar-refractivity contribution >= 4 is 0 Å². The number of nitrogens with zero attached hydrogens (tertiary/aromatic N) is 1. The third-order valence-electron chi connectivity index (χ3n) is 4.91. The molecule has 6 nitrogen and oxygen atoms in total. The zero-order chi connectivity index (χ0) is 18.2. The largest absolute Gasteiger partial charge is 0.493 e. The maximum absolute atomic E-state index is 9.95. The van der Waals surface area contributed by atoms with Gasteiger partial charge in [0.1, 0.15) is 18.0 Å². The maximum Gasteiger partial charge on any atom is 0.122 e. The van der Waals surface area contributed by atoms with Gasteiger partial charge >= 0.3 is 0 Å². The molecule has 1 heterocycles. The second kappa shape index (κ2) is 10.1. The molecule has 0 aliphatic carbocycles. The van der Waals surface area contributed by atoms with E-state index in [-0.39, 0.29) is 13.2 Å². The molecule has 4 N–H and O–H groups in total. The average Bonchev–Trinajstić information content (AvgIpc) is 2.60. The van der Waals surface area contributed by atoms with Crippen LogP contribution < -0.4 is 4.74 Å². The van der Waals surface area contributed by atoms with Gasteiger partial charge in [-0.3, -0.25) is 4.90 Å². The summed E-state index contributed by atoms with van der Waals surface area (Å²) in [6.07, 6.45) is 0.666. The molecule has 0 amide bonds. The zero-order valence-electron chi connectivity index (χ0n) is 14.9. The van der Waals surface area contributed by atoms with Gasteiger partial charge in [0, 0.05) is 6.54 Å². The fraction of sp³-hybridized carbons (Fsp3) is 0.684. The van der Waals surface area contributed by atoms with E-state index in [1.807, 2.05) is 36.1 Å². The topological polar surface area (TPSA) is 93.4 Å². The molecule has 0 bridgehead atoms. The number of β-amino-alcohol motifs (C(OH)–C–C–N with tert-alkyl or cyclic N) is 1. The first-order valence-corrected chi connectivity index (χ1v) is 9.12. The van der Waals surface area contributed by atoms with E-state index in [0.717, 1.165) is 37.0 Å². The molecule has 0 radical (unpaired) electrons. The summed E-state index contributed by atoms with van der Waals surface area (Å²) in [6.45, 7) is 3.46. The van der Waals surface area contributed by atoms with Crippen LogP contribution in [0.3, 0.4) is 0 Å². The highest BCUT2D eigenvalue weighted by atomic mass is 16.5. The number of likely N-dealkylation sites (tertiary alicyclic amines) is 1. The van der Waals surface area contributed by atoms with E-state index in [9.17, 15) is 20.4 Å². The number of hydrogen-bond acceptors (Lipinski definition) is 6. The second-order valence-corrected chi connectivity index (χ2v) is 6.82. The predicted molar refractivity (Wildman–Crippen MR) is 95.6 cm³/mol. The number of aliphatic hydroxyl groups excluding tert-OH is 4. The average molecular weight is 353 g/mol. The van der Waals surface area contributed by atoms with Crippen LogP contribution in [0.1, 0.15) is 31.2 Å². The summed E-state index contributed by atoms with van der Waals surface area (Å²) in [4.78, 5) is 1.87. The van der Waals surface area contributed by atoms with Crippen molar-refractivity contribution in [3.8, 4) is 5.75 Å². The van der Waals surface area contributed by atoms with Crippen molar-refractivity contribution < 1.29 is 25.2 Å². The summed E-state index contributed by atoms with van der Waals surface area (Å²) in [5.41, 5.74) is 1.14. The number of aryl methyl sites for hydroxylation is 1. The third kappa shape index (κ3) is 5.66. The fourth-order valence-corrected chi connectivity index (χ4v) is 3.31. The standard InChI is InChI=1S/C19H31NO5/c1-14-8-4-5-9-17(14)25-11-7-3-2-6-10-20-12-16(22)19(24)18(23)15(20)13-21/h4-5,8-9,15-16,18-19,21-24H,2-3,6-7,10-13H2,1H3/t15-,16+,18-,19-/m1/s1. The van der Waals surface area contributed by atoms with E-state index in [1.54, 1.807) is 0 Å². The number of rotatable bonds is 9. The molecule has 0 aromatic heterocycles. The Balaban J connectivity index is 1.61. The molecule has 1 fully saturated rings. The molecule has 1 aliphatic heterocycles. The number of ether oxygens (including phenoxy) is 1. The molecule has 4 atom stereocenters. The Morgan fingerprint density at radius 2 is 1.76 bits per heavy atom. The summed E-state index contributed by atoms with van der Waals surface area (Å²) in [6, 6.07) is 7.47. The van der Waals surface area contributed by atoms with Gasteiger partial charge in [0.25, 0.3) is 0 Å². The van der Waals surface area contributed by atoms with Crippen LogP contribution in [0, 0.1) is 6.92 Å². The van der Waals surface area contributed by atoms with Gasteiger partial charge in [-0.15, -0.1) is 0 Å². The summed E-state index contributed by atoms with van der Waals surface area (Å²) in [5.74, 6) is 0.933. The molecule has 0 unspecified atom stereocenters. The minimum Gasteiger partial charge on any atom is -0.493 e. The van der Waals surface area contributed by atoms with E-state index in [0.29, 0.717) is 13.2 Å². The number of benzene rings is 1. The van der Waals surface area contributed by atoms with E-state index in [4.69, 9.17) is 4.74 Å². The summed E-state index contributed by atoms with van der Waals surface area (Å²) >= 11 is 0. The van der Waals surface area contributed by atoms with Crippen molar-refractivity contribution in [3.63, 3.8) is 0 Å². The first-order chi connectivity index (χ1) is 12.0. The van der Waals surface area contributed by atoms with Gasteiger partial charge in [0.2, 0.25) is 0 Å². The van der Waals surface area contributed by atoms with Gasteiger partial charge in [-0.2, -0.15) is 0 Å². The molecule has 1 aliphatic rings. The van der Waals surface area contributed by atoms with E-state index < -0.39 is 24.4 Å². The van der Waals surface area contributed by atoms with Crippen LogP contribution in [0.5, 0.6) is 5.75 Å². The summed E-state index contributed by atoms with van der Waals surface area (Å²) in [7, 11) is 0. The van der Waals surface area contributed by atoms with Crippen molar-refractivity contribution in [1.82, 2.24) is 4.90 Å². The Bertz CT molecular complexity index is 512. The normalized spacial score (nSPS) is 27.4. The highest BCUT2D eigenvalue weighted by Gasteiger charge is 2.40. The van der Waals surface area contributed by atoms with Crippen LogP contribution in [0.4, 0.5) is 0 Å². The molecule has 142 valence electrons. The Morgan fingerprint density at radius 1 is 1.04 bits per heavy atom. The molecule has 1 aromatic rings. The minimum atomic E-state index is -1.19. The molecule has 0 saturated carbocycles. The molecule has 2 rings (SSSR count). The maximum atomic E-state index is 9.95. The number of aliphatic hydroxyl groups is 4. The molecular weight excluding hydrogens is 322 g/mol. The lowest BCUT2D eigenvalue weighted by Crippen LogP contribution is -2.62. The van der Waals surface area contributed by atoms with Gasteiger partial charge in [0.15, 0.2) is 0 Å². The first-order valence-electron chi connectivity index (χ1n) is 9.12. The fourth-order valence-electron chi connectivity index (χ4n) is 3.31. The summed E-state index contributed by atoms with van der Waals surface area (Å²) in [5, 5.41) is 38.9. The molecule has 25 heavy (non-hydrogen) atoms. The SMILES string of the molecule is Cc1ccccc1OCCCCCCN1C[C@H](O)[C@@H](O)[C@H](O)[C@H]1CO. The van der Waals surface area contributed by atoms with Crippen molar-refractivity contribution in [3.05, 3.63) is 29.8 Å². The third-order valence-corrected chi connectivity index (χ3v) is 4.91. The second-order valence-electron chi connectivity index (χ2n) is 6.82. The van der Waals surface area contributed by atoms with E-state index in [1.165, 1.54) is 0 Å². The van der Waals surface area contributed by atoms with Crippen molar-refractivity contribution in [1.29, 1.82) is 0 Å². The van der Waals surface area contributed by atoms with Gasteiger partial charge in [0.05, 0.1) is 25.4 Å².